The standard InChI is InChI=1S/C24H38O6P2/c1-15(2)23(16(3)4,31(25,26)27)21-13-9-12-20-19(21)11-10-14-22(20)24(17(5)6,18(7)8)32(28,29)30/h9-18H,1-8H3,(H2,25,26,27)(H2,28,29,30). The van der Waals surface area contributed by atoms with Crippen molar-refractivity contribution in [1.82, 2.24) is 0 Å². The average Bonchev–Trinajstić information content (AvgIpc) is 2.59. The zero-order valence-electron chi connectivity index (χ0n) is 20.3. The van der Waals surface area contributed by atoms with Gasteiger partial charge in [-0.25, -0.2) is 0 Å². The van der Waals surface area contributed by atoms with Crippen molar-refractivity contribution in [3.8, 4) is 0 Å². The van der Waals surface area contributed by atoms with Gasteiger partial charge in [-0.05, 0) is 45.6 Å². The van der Waals surface area contributed by atoms with Crippen LogP contribution in [0.2, 0.25) is 0 Å². The highest BCUT2D eigenvalue weighted by Crippen LogP contribution is 2.68. The number of hydrogen-bond donors (Lipinski definition) is 4. The molecule has 0 aliphatic carbocycles. The fourth-order valence-electron chi connectivity index (χ4n) is 6.24. The Hall–Kier alpha value is -1.00. The minimum atomic E-state index is -4.63. The Morgan fingerprint density at radius 3 is 1.00 bits per heavy atom. The second-order valence-corrected chi connectivity index (χ2v) is 13.7. The van der Waals surface area contributed by atoms with Gasteiger partial charge in [-0.1, -0.05) is 91.8 Å². The van der Waals surface area contributed by atoms with Crippen LogP contribution in [0, 0.1) is 23.7 Å². The smallest absolute Gasteiger partial charge is 0.324 e. The lowest BCUT2D eigenvalue weighted by Gasteiger charge is -2.44. The van der Waals surface area contributed by atoms with Crippen LogP contribution >= 0.6 is 15.2 Å². The first kappa shape index (κ1) is 27.2. The molecule has 8 heteroatoms. The largest absolute Gasteiger partial charge is 0.336 e. The quantitative estimate of drug-likeness (QED) is 0.331. The van der Waals surface area contributed by atoms with Crippen molar-refractivity contribution in [3.05, 3.63) is 47.5 Å². The van der Waals surface area contributed by atoms with E-state index < -0.39 is 25.5 Å². The van der Waals surface area contributed by atoms with Crippen molar-refractivity contribution in [1.29, 1.82) is 0 Å². The molecule has 0 unspecified atom stereocenters. The van der Waals surface area contributed by atoms with Crippen LogP contribution in [-0.4, -0.2) is 19.6 Å². The van der Waals surface area contributed by atoms with E-state index >= 15 is 0 Å². The van der Waals surface area contributed by atoms with Crippen molar-refractivity contribution < 1.29 is 28.7 Å². The molecule has 6 nitrogen and oxygen atoms in total. The molecule has 0 amide bonds. The minimum absolute atomic E-state index is 0.376. The van der Waals surface area contributed by atoms with Crippen LogP contribution in [0.3, 0.4) is 0 Å². The van der Waals surface area contributed by atoms with Crippen LogP contribution in [0.1, 0.15) is 66.5 Å². The SMILES string of the molecule is CC(C)C(c1cccc2c(C(C(C)C)(C(C)C)P(=O)(O)O)cccc12)(C(C)C)P(=O)(O)O. The van der Waals surface area contributed by atoms with Crippen LogP contribution in [0.4, 0.5) is 0 Å². The van der Waals surface area contributed by atoms with Gasteiger partial charge in [0.1, 0.15) is 10.3 Å². The third kappa shape index (κ3) is 3.83. The second kappa shape index (κ2) is 8.98. The van der Waals surface area contributed by atoms with Gasteiger partial charge in [0.15, 0.2) is 0 Å². The molecular formula is C24H38O6P2. The van der Waals surface area contributed by atoms with E-state index in [0.717, 1.165) is 0 Å². The van der Waals surface area contributed by atoms with Gasteiger partial charge in [0.05, 0.1) is 0 Å². The Morgan fingerprint density at radius 1 is 0.562 bits per heavy atom. The van der Waals surface area contributed by atoms with E-state index in [0.29, 0.717) is 21.9 Å². The summed E-state index contributed by atoms with van der Waals surface area (Å²) in [6, 6.07) is 10.6. The first-order valence-corrected chi connectivity index (χ1v) is 14.3. The predicted molar refractivity (Wildman–Crippen MR) is 131 cm³/mol. The molecule has 180 valence electrons. The Kier molecular flexibility index (Phi) is 7.65. The van der Waals surface area contributed by atoms with E-state index in [2.05, 4.69) is 0 Å². The van der Waals surface area contributed by atoms with E-state index in [1.807, 2.05) is 55.4 Å². The Labute approximate surface area is 191 Å². The van der Waals surface area contributed by atoms with Crippen LogP contribution in [0.25, 0.3) is 10.8 Å². The van der Waals surface area contributed by atoms with Gasteiger partial charge in [-0.3, -0.25) is 9.13 Å². The first-order valence-electron chi connectivity index (χ1n) is 11.1. The molecule has 0 spiro atoms. The third-order valence-corrected chi connectivity index (χ3v) is 11.7. The van der Waals surface area contributed by atoms with E-state index in [1.54, 1.807) is 36.4 Å². The zero-order chi connectivity index (χ0) is 24.9. The molecule has 0 saturated carbocycles. The highest BCUT2D eigenvalue weighted by atomic mass is 31.2. The predicted octanol–water partition coefficient (Wildman–Crippen LogP) is 6.21. The normalized spacial score (nSPS) is 14.4. The summed E-state index contributed by atoms with van der Waals surface area (Å²) < 4.78 is 26.0. The summed E-state index contributed by atoms with van der Waals surface area (Å²) in [7, 11) is -9.25. The maximum absolute atomic E-state index is 13.0. The lowest BCUT2D eigenvalue weighted by atomic mass is 9.74. The number of hydrogen-bond acceptors (Lipinski definition) is 2. The summed E-state index contributed by atoms with van der Waals surface area (Å²) in [6.07, 6.45) is 0. The monoisotopic (exact) mass is 484 g/mol. The van der Waals surface area contributed by atoms with Gasteiger partial charge in [-0.2, -0.15) is 0 Å². The number of rotatable bonds is 8. The van der Waals surface area contributed by atoms with Crippen LogP contribution < -0.4 is 0 Å². The maximum Gasteiger partial charge on any atom is 0.336 e. The molecule has 4 N–H and O–H groups in total. The molecule has 32 heavy (non-hydrogen) atoms. The van der Waals surface area contributed by atoms with Crippen molar-refractivity contribution in [2.75, 3.05) is 0 Å². The lowest BCUT2D eigenvalue weighted by Crippen LogP contribution is -2.39. The van der Waals surface area contributed by atoms with Crippen molar-refractivity contribution in [2.45, 2.75) is 65.7 Å². The van der Waals surface area contributed by atoms with Crippen LogP contribution in [-0.2, 0) is 19.4 Å². The minimum Gasteiger partial charge on any atom is -0.324 e. The van der Waals surface area contributed by atoms with Gasteiger partial charge in [0.25, 0.3) is 0 Å². The van der Waals surface area contributed by atoms with Gasteiger partial charge in [0.2, 0.25) is 0 Å². The molecular weight excluding hydrogens is 446 g/mol. The van der Waals surface area contributed by atoms with E-state index in [1.165, 1.54) is 0 Å². The molecule has 2 aromatic rings. The molecule has 0 heterocycles. The maximum atomic E-state index is 13.0. The molecule has 0 fully saturated rings. The number of fused-ring (bicyclic) bond motifs is 1. The highest BCUT2D eigenvalue weighted by molar-refractivity contribution is 7.53. The topological polar surface area (TPSA) is 115 Å². The van der Waals surface area contributed by atoms with E-state index in [9.17, 15) is 28.7 Å². The van der Waals surface area contributed by atoms with Crippen molar-refractivity contribution in [3.63, 3.8) is 0 Å². The van der Waals surface area contributed by atoms with Crippen LogP contribution in [0.5, 0.6) is 0 Å². The fraction of sp³-hybridized carbons (Fsp3) is 0.583. The molecule has 0 bridgehead atoms. The summed E-state index contributed by atoms with van der Waals surface area (Å²) in [6.45, 7) is 14.5. The fourth-order valence-corrected chi connectivity index (χ4v) is 9.95. The number of benzene rings is 2. The molecule has 0 radical (unpaired) electrons. The van der Waals surface area contributed by atoms with Gasteiger partial charge in [-0.15, -0.1) is 0 Å². The summed E-state index contributed by atoms with van der Waals surface area (Å²) in [5.74, 6) is -1.50. The molecule has 0 aromatic heterocycles. The summed E-state index contributed by atoms with van der Waals surface area (Å²) in [5.41, 5.74) is 1.03. The van der Waals surface area contributed by atoms with Gasteiger partial charge < -0.3 is 19.6 Å². The molecule has 2 aromatic carbocycles. The second-order valence-electron chi connectivity index (χ2n) is 10.1. The third-order valence-electron chi connectivity index (χ3n) is 7.27. The molecule has 0 aliphatic rings. The molecule has 0 aliphatic heterocycles. The summed E-state index contributed by atoms with van der Waals surface area (Å²) >= 11 is 0. The van der Waals surface area contributed by atoms with Gasteiger partial charge >= 0.3 is 15.2 Å². The summed E-state index contributed by atoms with van der Waals surface area (Å²) in [4.78, 5) is 42.4. The lowest BCUT2D eigenvalue weighted by molar-refractivity contribution is 0.238. The average molecular weight is 485 g/mol. The van der Waals surface area contributed by atoms with Crippen molar-refractivity contribution in [2.24, 2.45) is 23.7 Å². The van der Waals surface area contributed by atoms with E-state index in [4.69, 9.17) is 0 Å². The van der Waals surface area contributed by atoms with Crippen molar-refractivity contribution >= 4 is 26.0 Å². The summed E-state index contributed by atoms with van der Waals surface area (Å²) in [5, 5.41) is -1.64. The Morgan fingerprint density at radius 2 is 0.812 bits per heavy atom. The zero-order valence-corrected chi connectivity index (χ0v) is 22.1. The highest BCUT2D eigenvalue weighted by Gasteiger charge is 2.56. The van der Waals surface area contributed by atoms with E-state index in [-0.39, 0.29) is 23.7 Å². The van der Waals surface area contributed by atoms with Crippen LogP contribution in [0.15, 0.2) is 36.4 Å². The molecule has 2 rings (SSSR count). The Balaban J connectivity index is 3.15. The van der Waals surface area contributed by atoms with Gasteiger partial charge in [0, 0.05) is 0 Å². The first-order chi connectivity index (χ1) is 14.5. The molecule has 0 atom stereocenters. The Bertz CT molecular complexity index is 960. The molecule has 0 saturated heterocycles.